The monoisotopic (exact) mass is 526 g/mol. The predicted molar refractivity (Wildman–Crippen MR) is 152 cm³/mol. The lowest BCUT2D eigenvalue weighted by atomic mass is 9.92. The second-order valence-corrected chi connectivity index (χ2v) is 10.4. The number of hydrogen-bond acceptors (Lipinski definition) is 6. The van der Waals surface area contributed by atoms with Gasteiger partial charge in [-0.3, -0.25) is 4.79 Å². The third-order valence-corrected chi connectivity index (χ3v) is 6.48. The Labute approximate surface area is 227 Å². The second-order valence-electron chi connectivity index (χ2n) is 10.4. The number of aromatic nitrogens is 4. The van der Waals surface area contributed by atoms with Gasteiger partial charge in [0.05, 0.1) is 6.54 Å². The van der Waals surface area contributed by atoms with E-state index in [0.29, 0.717) is 6.54 Å². The maximum Gasteiger partial charge on any atom is 0.332 e. The summed E-state index contributed by atoms with van der Waals surface area (Å²) in [7, 11) is 0. The number of benzene rings is 1. The highest BCUT2D eigenvalue weighted by molar-refractivity contribution is 6.48. The van der Waals surface area contributed by atoms with Gasteiger partial charge in [-0.2, -0.15) is 9.90 Å². The van der Waals surface area contributed by atoms with Crippen LogP contribution in [0.4, 0.5) is 10.5 Å². The van der Waals surface area contributed by atoms with E-state index in [1.165, 1.54) is 56.2 Å². The van der Waals surface area contributed by atoms with Crippen molar-refractivity contribution in [1.82, 2.24) is 25.6 Å². The van der Waals surface area contributed by atoms with Crippen molar-refractivity contribution in [2.75, 3.05) is 5.32 Å². The average Bonchev–Trinajstić information content (AvgIpc) is 3.33. The Hall–Kier alpha value is -3.30. The fraction of sp³-hybridized carbons (Fsp3) is 0.643. The largest absolute Gasteiger partial charge is 0.350 e. The number of hydrogen-bond donors (Lipinski definition) is 3. The van der Waals surface area contributed by atoms with Gasteiger partial charge in [0, 0.05) is 5.69 Å². The summed E-state index contributed by atoms with van der Waals surface area (Å²) in [6, 6.07) is 5.08. The Kier molecular flexibility index (Phi) is 13.4. The zero-order valence-electron chi connectivity index (χ0n) is 23.8. The van der Waals surface area contributed by atoms with E-state index in [1.54, 1.807) is 0 Å². The molecule has 3 amide bonds. The summed E-state index contributed by atoms with van der Waals surface area (Å²) in [6.07, 6.45) is 12.3. The number of tetrazole rings is 1. The third-order valence-electron chi connectivity index (χ3n) is 6.48. The van der Waals surface area contributed by atoms with Crippen LogP contribution in [0.1, 0.15) is 128 Å². The van der Waals surface area contributed by atoms with E-state index in [4.69, 9.17) is 5.73 Å². The van der Waals surface area contributed by atoms with Crippen LogP contribution in [0, 0.1) is 0 Å². The number of hydrazone groups is 1. The molecule has 1 aromatic carbocycles. The standard InChI is InChI=1S/C28H46N8O2/c1-6-7-8-9-10-11-12-13-14-15-19-36-34-26(32-35-36)25(31-33-28(29)38)27(37)30-24-22(20(2)3)17-16-18-23(24)21(4)5/h16-18,20-21H,6-15,19H2,1-5H3,(H,30,37)(H3,29,33,38). The van der Waals surface area contributed by atoms with Crippen molar-refractivity contribution >= 4 is 23.3 Å². The highest BCUT2D eigenvalue weighted by Crippen LogP contribution is 2.32. The molecule has 0 fully saturated rings. The van der Waals surface area contributed by atoms with E-state index in [0.717, 1.165) is 29.7 Å². The van der Waals surface area contributed by atoms with Crippen LogP contribution >= 0.6 is 0 Å². The molecule has 0 radical (unpaired) electrons. The lowest BCUT2D eigenvalue weighted by Crippen LogP contribution is -2.32. The Morgan fingerprint density at radius 1 is 0.921 bits per heavy atom. The Bertz CT molecular complexity index is 1020. The first-order valence-corrected chi connectivity index (χ1v) is 14.1. The van der Waals surface area contributed by atoms with E-state index in [-0.39, 0.29) is 23.4 Å². The molecule has 210 valence electrons. The molecule has 1 aromatic heterocycles. The van der Waals surface area contributed by atoms with Crippen molar-refractivity contribution in [3.8, 4) is 0 Å². The summed E-state index contributed by atoms with van der Waals surface area (Å²) in [5, 5.41) is 19.4. The number of anilines is 1. The number of aryl methyl sites for hydroxylation is 1. The van der Waals surface area contributed by atoms with Gasteiger partial charge in [0.25, 0.3) is 5.91 Å². The number of nitrogens with zero attached hydrogens (tertiary/aromatic N) is 5. The van der Waals surface area contributed by atoms with Crippen molar-refractivity contribution in [3.05, 3.63) is 35.2 Å². The van der Waals surface area contributed by atoms with Crippen molar-refractivity contribution in [3.63, 3.8) is 0 Å². The van der Waals surface area contributed by atoms with Crippen molar-refractivity contribution in [2.45, 2.75) is 117 Å². The quantitative estimate of drug-likeness (QED) is 0.135. The highest BCUT2D eigenvalue weighted by Gasteiger charge is 2.24. The summed E-state index contributed by atoms with van der Waals surface area (Å²) in [5.74, 6) is -0.148. The van der Waals surface area contributed by atoms with Gasteiger partial charge in [-0.1, -0.05) is 111 Å². The van der Waals surface area contributed by atoms with Crippen molar-refractivity contribution < 1.29 is 9.59 Å². The van der Waals surface area contributed by atoms with Gasteiger partial charge in [0.2, 0.25) is 5.82 Å². The Morgan fingerprint density at radius 3 is 2.00 bits per heavy atom. The molecule has 1 heterocycles. The fourth-order valence-corrected chi connectivity index (χ4v) is 4.35. The number of rotatable bonds is 17. The fourth-order valence-electron chi connectivity index (χ4n) is 4.35. The van der Waals surface area contributed by atoms with Gasteiger partial charge in [-0.15, -0.1) is 10.2 Å². The number of nitrogens with two attached hydrogens (primary N) is 1. The summed E-state index contributed by atoms with van der Waals surface area (Å²) < 4.78 is 0. The van der Waals surface area contributed by atoms with Crippen LogP contribution in [0.2, 0.25) is 0 Å². The van der Waals surface area contributed by atoms with Gasteiger partial charge < -0.3 is 11.1 Å². The molecule has 38 heavy (non-hydrogen) atoms. The molecule has 0 aliphatic carbocycles. The zero-order chi connectivity index (χ0) is 27.9. The molecule has 2 aromatic rings. The van der Waals surface area contributed by atoms with E-state index in [2.05, 4.69) is 65.9 Å². The minimum atomic E-state index is -0.890. The lowest BCUT2D eigenvalue weighted by molar-refractivity contribution is -0.110. The number of carbonyl (C=O) groups is 2. The van der Waals surface area contributed by atoms with Gasteiger partial charge in [-0.05, 0) is 34.6 Å². The second kappa shape index (κ2) is 16.5. The van der Waals surface area contributed by atoms with Gasteiger partial charge in [-0.25, -0.2) is 10.2 Å². The number of urea groups is 1. The summed E-state index contributed by atoms with van der Waals surface area (Å²) in [6.45, 7) is 11.1. The number of para-hydroxylation sites is 1. The van der Waals surface area contributed by atoms with E-state index in [9.17, 15) is 9.59 Å². The van der Waals surface area contributed by atoms with E-state index >= 15 is 0 Å². The average molecular weight is 527 g/mol. The van der Waals surface area contributed by atoms with Crippen LogP contribution in [0.5, 0.6) is 0 Å². The maximum atomic E-state index is 13.4. The SMILES string of the molecule is CCCCCCCCCCCCn1nnc(C(=NNC(N)=O)C(=O)Nc2c(C(C)C)cccc2C(C)C)n1. The molecule has 0 aliphatic rings. The molecule has 0 spiro atoms. The highest BCUT2D eigenvalue weighted by atomic mass is 16.2. The summed E-state index contributed by atoms with van der Waals surface area (Å²) >= 11 is 0. The van der Waals surface area contributed by atoms with Gasteiger partial charge in [0.15, 0.2) is 5.71 Å². The topological polar surface area (TPSA) is 140 Å². The molecular weight excluding hydrogens is 480 g/mol. The predicted octanol–water partition coefficient (Wildman–Crippen LogP) is 5.85. The van der Waals surface area contributed by atoms with E-state index < -0.39 is 11.9 Å². The smallest absolute Gasteiger partial charge is 0.332 e. The molecule has 10 heteroatoms. The van der Waals surface area contributed by atoms with Crippen LogP contribution in [-0.4, -0.2) is 37.9 Å². The van der Waals surface area contributed by atoms with Gasteiger partial charge in [0.1, 0.15) is 0 Å². The lowest BCUT2D eigenvalue weighted by Gasteiger charge is -2.20. The summed E-state index contributed by atoms with van der Waals surface area (Å²) in [5.41, 5.74) is 9.91. The molecule has 10 nitrogen and oxygen atoms in total. The number of nitrogens with one attached hydrogen (secondary N) is 2. The minimum Gasteiger partial charge on any atom is -0.350 e. The summed E-state index contributed by atoms with van der Waals surface area (Å²) in [4.78, 5) is 26.2. The van der Waals surface area contributed by atoms with Crippen LogP contribution in [0.15, 0.2) is 23.3 Å². The molecular formula is C28H46N8O2. The third kappa shape index (κ3) is 10.2. The molecule has 0 bridgehead atoms. The van der Waals surface area contributed by atoms with E-state index in [1.807, 2.05) is 18.2 Å². The number of carbonyl (C=O) groups excluding carboxylic acids is 2. The zero-order valence-corrected chi connectivity index (χ0v) is 23.8. The van der Waals surface area contributed by atoms with Crippen LogP contribution in [0.25, 0.3) is 0 Å². The molecule has 0 aliphatic heterocycles. The first-order valence-electron chi connectivity index (χ1n) is 14.1. The maximum absolute atomic E-state index is 13.4. The Balaban J connectivity index is 2.03. The molecule has 0 unspecified atom stereocenters. The molecule has 0 atom stereocenters. The van der Waals surface area contributed by atoms with Crippen LogP contribution in [0.3, 0.4) is 0 Å². The van der Waals surface area contributed by atoms with Crippen molar-refractivity contribution in [2.24, 2.45) is 10.8 Å². The molecule has 2 rings (SSSR count). The number of unbranched alkanes of at least 4 members (excludes halogenated alkanes) is 9. The Morgan fingerprint density at radius 2 is 1.47 bits per heavy atom. The molecule has 0 saturated heterocycles. The molecule has 4 N–H and O–H groups in total. The minimum absolute atomic E-state index is 0.0245. The van der Waals surface area contributed by atoms with Crippen molar-refractivity contribution in [1.29, 1.82) is 0 Å². The van der Waals surface area contributed by atoms with Crippen LogP contribution < -0.4 is 16.5 Å². The normalized spacial score (nSPS) is 11.8. The molecule has 0 saturated carbocycles. The van der Waals surface area contributed by atoms with Gasteiger partial charge >= 0.3 is 6.03 Å². The first kappa shape index (κ1) is 30.9. The number of primary amides is 1. The first-order chi connectivity index (χ1) is 18.2. The van der Waals surface area contributed by atoms with Crippen LogP contribution in [-0.2, 0) is 11.3 Å². The number of amides is 3.